The van der Waals surface area contributed by atoms with Crippen LogP contribution in [0.25, 0.3) is 0 Å². The highest BCUT2D eigenvalue weighted by molar-refractivity contribution is 5.65. The van der Waals surface area contributed by atoms with Gasteiger partial charge in [0.1, 0.15) is 6.61 Å². The molecule has 0 rings (SSSR count). The van der Waals surface area contributed by atoms with Crippen LogP contribution in [-0.2, 0) is 9.53 Å². The Labute approximate surface area is 136 Å². The molecule has 0 aliphatic rings. The van der Waals surface area contributed by atoms with Gasteiger partial charge in [0.05, 0.1) is 0 Å². The van der Waals surface area contributed by atoms with E-state index >= 15 is 0 Å². The number of hydrogen-bond donors (Lipinski definition) is 0. The average molecular weight is 304 g/mol. The van der Waals surface area contributed by atoms with Crippen molar-refractivity contribution in [2.75, 3.05) is 6.61 Å². The van der Waals surface area contributed by atoms with E-state index in [2.05, 4.69) is 45.9 Å². The Hall–Kier alpha value is -1.57. The second-order valence-corrected chi connectivity index (χ2v) is 5.97. The van der Waals surface area contributed by atoms with Crippen molar-refractivity contribution < 1.29 is 9.53 Å². The minimum absolute atomic E-state index is 0.233. The number of rotatable bonds is 10. The number of esters is 1. The van der Waals surface area contributed by atoms with Gasteiger partial charge < -0.3 is 4.74 Å². The molecule has 0 aliphatic carbocycles. The van der Waals surface area contributed by atoms with Gasteiger partial charge in [-0.3, -0.25) is 4.79 Å². The number of allylic oxidation sites excluding steroid dienone is 7. The van der Waals surface area contributed by atoms with Crippen molar-refractivity contribution in [2.24, 2.45) is 0 Å². The third-order valence-electron chi connectivity index (χ3n) is 3.27. The maximum absolute atomic E-state index is 10.6. The van der Waals surface area contributed by atoms with Crippen molar-refractivity contribution in [3.8, 4) is 0 Å². The molecule has 0 spiro atoms. The number of ether oxygens (including phenoxy) is 1. The summed E-state index contributed by atoms with van der Waals surface area (Å²) in [6.07, 6.45) is 16.2. The molecule has 0 radical (unpaired) electrons. The summed E-state index contributed by atoms with van der Waals surface area (Å²) < 4.78 is 4.83. The summed E-state index contributed by atoms with van der Waals surface area (Å²) >= 11 is 0. The zero-order chi connectivity index (χ0) is 16.8. The third kappa shape index (κ3) is 14.8. The molecule has 0 fully saturated rings. The van der Waals surface area contributed by atoms with Crippen LogP contribution in [0.5, 0.6) is 0 Å². The summed E-state index contributed by atoms with van der Waals surface area (Å²) in [6.45, 7) is 10.5. The molecule has 0 amide bonds. The molecule has 124 valence electrons. The third-order valence-corrected chi connectivity index (χ3v) is 3.27. The van der Waals surface area contributed by atoms with Crippen LogP contribution in [0.3, 0.4) is 0 Å². The second kappa shape index (κ2) is 13.1. The zero-order valence-electron chi connectivity index (χ0n) is 14.9. The van der Waals surface area contributed by atoms with E-state index < -0.39 is 0 Å². The first-order valence-electron chi connectivity index (χ1n) is 8.14. The van der Waals surface area contributed by atoms with Crippen LogP contribution >= 0.6 is 0 Å². The Kier molecular flexibility index (Phi) is 12.2. The van der Waals surface area contributed by atoms with Crippen LogP contribution in [0.2, 0.25) is 0 Å². The maximum Gasteiger partial charge on any atom is 0.302 e. The fraction of sp³-hybridized carbons (Fsp3) is 0.550. The SMILES string of the molecule is CC(=O)OC/C=C/C/C=C(\C)CC/C=C(\C)CCC=C(C)C. The summed E-state index contributed by atoms with van der Waals surface area (Å²) in [5, 5.41) is 0. The summed E-state index contributed by atoms with van der Waals surface area (Å²) in [7, 11) is 0. The van der Waals surface area contributed by atoms with Gasteiger partial charge >= 0.3 is 5.97 Å². The van der Waals surface area contributed by atoms with E-state index in [9.17, 15) is 4.79 Å². The molecule has 0 N–H and O–H groups in total. The van der Waals surface area contributed by atoms with Gasteiger partial charge in [0.2, 0.25) is 0 Å². The molecule has 2 heteroatoms. The Morgan fingerprint density at radius 3 is 2.00 bits per heavy atom. The van der Waals surface area contributed by atoms with E-state index in [1.165, 1.54) is 23.6 Å². The first-order valence-corrected chi connectivity index (χ1v) is 8.14. The van der Waals surface area contributed by atoms with Crippen LogP contribution in [0.4, 0.5) is 0 Å². The Morgan fingerprint density at radius 1 is 0.818 bits per heavy atom. The van der Waals surface area contributed by atoms with Crippen molar-refractivity contribution in [1.82, 2.24) is 0 Å². The molecule has 0 atom stereocenters. The molecule has 0 aliphatic heterocycles. The lowest BCUT2D eigenvalue weighted by Crippen LogP contribution is -1.97. The minimum Gasteiger partial charge on any atom is -0.462 e. The summed E-state index contributed by atoms with van der Waals surface area (Å²) in [5.74, 6) is -0.233. The molecule has 0 saturated carbocycles. The molecule has 22 heavy (non-hydrogen) atoms. The Balaban J connectivity index is 3.87. The fourth-order valence-electron chi connectivity index (χ4n) is 1.94. The molecule has 2 nitrogen and oxygen atoms in total. The topological polar surface area (TPSA) is 26.3 Å². The van der Waals surface area contributed by atoms with Crippen LogP contribution in [0.15, 0.2) is 47.1 Å². The van der Waals surface area contributed by atoms with Crippen molar-refractivity contribution in [3.63, 3.8) is 0 Å². The molecule has 0 aromatic rings. The van der Waals surface area contributed by atoms with Gasteiger partial charge in [-0.2, -0.15) is 0 Å². The molecule has 0 unspecified atom stereocenters. The van der Waals surface area contributed by atoms with Crippen LogP contribution in [0, 0.1) is 0 Å². The predicted molar refractivity (Wildman–Crippen MR) is 95.8 cm³/mol. The molecule has 0 aromatic carbocycles. The van der Waals surface area contributed by atoms with Crippen LogP contribution < -0.4 is 0 Å². The molecular weight excluding hydrogens is 272 g/mol. The van der Waals surface area contributed by atoms with E-state index in [4.69, 9.17) is 4.74 Å². The van der Waals surface area contributed by atoms with Crippen molar-refractivity contribution >= 4 is 5.97 Å². The number of hydrogen-bond acceptors (Lipinski definition) is 2. The average Bonchev–Trinajstić information content (AvgIpc) is 2.42. The smallest absolute Gasteiger partial charge is 0.302 e. The fourth-order valence-corrected chi connectivity index (χ4v) is 1.94. The molecular formula is C20H32O2. The van der Waals surface area contributed by atoms with Gasteiger partial charge in [-0.05, 0) is 59.8 Å². The summed E-state index contributed by atoms with van der Waals surface area (Å²) in [5.41, 5.74) is 4.28. The number of carbonyl (C=O) groups is 1. The largest absolute Gasteiger partial charge is 0.462 e. The predicted octanol–water partition coefficient (Wildman–Crippen LogP) is 5.92. The van der Waals surface area contributed by atoms with Gasteiger partial charge in [-0.1, -0.05) is 47.1 Å². The highest BCUT2D eigenvalue weighted by atomic mass is 16.5. The minimum atomic E-state index is -0.233. The molecule has 0 saturated heterocycles. The van der Waals surface area contributed by atoms with Crippen LogP contribution in [-0.4, -0.2) is 12.6 Å². The second-order valence-electron chi connectivity index (χ2n) is 5.97. The normalized spacial score (nSPS) is 12.6. The summed E-state index contributed by atoms with van der Waals surface area (Å²) in [6, 6.07) is 0. The van der Waals surface area contributed by atoms with Gasteiger partial charge in [0.15, 0.2) is 0 Å². The maximum atomic E-state index is 10.6. The molecule has 0 aromatic heterocycles. The number of carbonyl (C=O) groups excluding carboxylic acids is 1. The van der Waals surface area contributed by atoms with Crippen LogP contribution in [0.1, 0.15) is 66.7 Å². The standard InChI is InChI=1S/C20H32O2/c1-17(2)11-9-13-19(4)15-10-14-18(3)12-7-6-8-16-22-20(5)21/h6,8,11-12,15H,7,9-10,13-14,16H2,1-5H3/b8-6+,18-12+,19-15+. The Bertz CT molecular complexity index is 433. The lowest BCUT2D eigenvalue weighted by atomic mass is 10.1. The van der Waals surface area contributed by atoms with E-state index in [0.29, 0.717) is 6.61 Å². The Morgan fingerprint density at radius 2 is 1.41 bits per heavy atom. The van der Waals surface area contributed by atoms with Crippen molar-refractivity contribution in [3.05, 3.63) is 47.1 Å². The first-order chi connectivity index (χ1) is 10.4. The highest BCUT2D eigenvalue weighted by Crippen LogP contribution is 2.11. The highest BCUT2D eigenvalue weighted by Gasteiger charge is 1.92. The van der Waals surface area contributed by atoms with E-state index in [-0.39, 0.29) is 5.97 Å². The molecule has 0 heterocycles. The van der Waals surface area contributed by atoms with E-state index in [1.807, 2.05) is 12.2 Å². The lowest BCUT2D eigenvalue weighted by molar-refractivity contribution is -0.139. The quantitative estimate of drug-likeness (QED) is 0.370. The van der Waals surface area contributed by atoms with Gasteiger partial charge in [0, 0.05) is 6.92 Å². The van der Waals surface area contributed by atoms with E-state index in [0.717, 1.165) is 32.1 Å². The summed E-state index contributed by atoms with van der Waals surface area (Å²) in [4.78, 5) is 10.6. The van der Waals surface area contributed by atoms with E-state index in [1.54, 1.807) is 0 Å². The zero-order valence-corrected chi connectivity index (χ0v) is 14.9. The molecule has 0 bridgehead atoms. The van der Waals surface area contributed by atoms with Crippen molar-refractivity contribution in [2.45, 2.75) is 66.7 Å². The van der Waals surface area contributed by atoms with Crippen molar-refractivity contribution in [1.29, 1.82) is 0 Å². The van der Waals surface area contributed by atoms with Gasteiger partial charge in [-0.15, -0.1) is 0 Å². The lowest BCUT2D eigenvalue weighted by Gasteiger charge is -2.01. The van der Waals surface area contributed by atoms with Gasteiger partial charge in [0.25, 0.3) is 0 Å². The first kappa shape index (κ1) is 20.4. The van der Waals surface area contributed by atoms with Gasteiger partial charge in [-0.25, -0.2) is 0 Å². The monoisotopic (exact) mass is 304 g/mol.